The Bertz CT molecular complexity index is 753. The summed E-state index contributed by atoms with van der Waals surface area (Å²) in [5.41, 5.74) is 3.16. The molecule has 1 aromatic carbocycles. The zero-order valence-corrected chi connectivity index (χ0v) is 17.2. The molecule has 5 nitrogen and oxygen atoms in total. The molecule has 0 saturated carbocycles. The zero-order chi connectivity index (χ0) is 19.2. The molecular weight excluding hydrogens is 358 g/mol. The summed E-state index contributed by atoms with van der Waals surface area (Å²) in [7, 11) is 0. The van der Waals surface area contributed by atoms with E-state index in [4.69, 9.17) is 4.74 Å². The molecule has 1 amide bonds. The summed E-state index contributed by atoms with van der Waals surface area (Å²) in [6, 6.07) is 8.64. The molecule has 1 N–H and O–H groups in total. The highest BCUT2D eigenvalue weighted by Gasteiger charge is 2.24. The number of benzene rings is 1. The Morgan fingerprint density at radius 2 is 2.11 bits per heavy atom. The molecule has 0 aliphatic carbocycles. The summed E-state index contributed by atoms with van der Waals surface area (Å²) in [5.74, 6) is 0.519. The smallest absolute Gasteiger partial charge is 0.226 e. The first-order valence-electron chi connectivity index (χ1n) is 9.63. The number of aryl methyl sites for hydroxylation is 1. The number of hydrogen-bond acceptors (Lipinski definition) is 5. The van der Waals surface area contributed by atoms with Gasteiger partial charge in [0, 0.05) is 36.6 Å². The lowest BCUT2D eigenvalue weighted by Gasteiger charge is -2.36. The molecule has 1 fully saturated rings. The van der Waals surface area contributed by atoms with Gasteiger partial charge in [0.15, 0.2) is 0 Å². The fourth-order valence-corrected chi connectivity index (χ4v) is 4.26. The van der Waals surface area contributed by atoms with Gasteiger partial charge in [-0.2, -0.15) is 0 Å². The van der Waals surface area contributed by atoms with Gasteiger partial charge in [0.05, 0.1) is 25.3 Å². The van der Waals surface area contributed by atoms with Crippen LogP contribution in [0.5, 0.6) is 0 Å². The van der Waals surface area contributed by atoms with Gasteiger partial charge in [0.2, 0.25) is 5.91 Å². The second-order valence-electron chi connectivity index (χ2n) is 7.45. The standard InChI is InChI=1S/C21H29N3O2S/c1-15(2)19(24-7-9-26-10-8-24)13-22-20(25)12-18-14-27-21(23-18)17-6-4-5-16(3)11-17/h4-6,11,14-15,19H,7-10,12-13H2,1-3H3,(H,22,25). The van der Waals surface area contributed by atoms with E-state index in [0.717, 1.165) is 42.6 Å². The SMILES string of the molecule is Cc1cccc(-c2nc(CC(=O)NCC(C(C)C)N3CCOCC3)cs2)c1. The Morgan fingerprint density at radius 1 is 1.33 bits per heavy atom. The maximum atomic E-state index is 12.4. The van der Waals surface area contributed by atoms with Crippen LogP contribution in [0.25, 0.3) is 10.6 Å². The number of aromatic nitrogens is 1. The van der Waals surface area contributed by atoms with Crippen LogP contribution in [0.2, 0.25) is 0 Å². The van der Waals surface area contributed by atoms with E-state index in [-0.39, 0.29) is 5.91 Å². The summed E-state index contributed by atoms with van der Waals surface area (Å²) in [6.07, 6.45) is 0.330. The molecule has 0 spiro atoms. The van der Waals surface area contributed by atoms with E-state index in [1.54, 1.807) is 11.3 Å². The van der Waals surface area contributed by atoms with Crippen LogP contribution in [0.1, 0.15) is 25.1 Å². The minimum Gasteiger partial charge on any atom is -0.379 e. The van der Waals surface area contributed by atoms with Crippen molar-refractivity contribution in [2.75, 3.05) is 32.8 Å². The van der Waals surface area contributed by atoms with Crippen molar-refractivity contribution < 1.29 is 9.53 Å². The summed E-state index contributed by atoms with van der Waals surface area (Å²) in [6.45, 7) is 10.6. The lowest BCUT2D eigenvalue weighted by atomic mass is 10.0. The average molecular weight is 388 g/mol. The number of ether oxygens (including phenoxy) is 1. The molecule has 3 rings (SSSR count). The molecule has 27 heavy (non-hydrogen) atoms. The fourth-order valence-electron chi connectivity index (χ4n) is 3.44. The molecular formula is C21H29N3O2S. The van der Waals surface area contributed by atoms with Crippen molar-refractivity contribution in [1.29, 1.82) is 0 Å². The van der Waals surface area contributed by atoms with E-state index in [0.29, 0.717) is 24.9 Å². The van der Waals surface area contributed by atoms with E-state index < -0.39 is 0 Å². The van der Waals surface area contributed by atoms with Gasteiger partial charge < -0.3 is 10.1 Å². The van der Waals surface area contributed by atoms with Gasteiger partial charge in [-0.3, -0.25) is 9.69 Å². The summed E-state index contributed by atoms with van der Waals surface area (Å²) >= 11 is 1.59. The normalized spacial score (nSPS) is 16.4. The van der Waals surface area contributed by atoms with E-state index in [1.165, 1.54) is 5.56 Å². The van der Waals surface area contributed by atoms with E-state index in [9.17, 15) is 4.79 Å². The fraction of sp³-hybridized carbons (Fsp3) is 0.524. The quantitative estimate of drug-likeness (QED) is 0.793. The predicted molar refractivity (Wildman–Crippen MR) is 110 cm³/mol. The van der Waals surface area contributed by atoms with Crippen molar-refractivity contribution in [3.8, 4) is 10.6 Å². The Kier molecular flexibility index (Phi) is 6.99. The van der Waals surface area contributed by atoms with Crippen molar-refractivity contribution in [2.24, 2.45) is 5.92 Å². The van der Waals surface area contributed by atoms with Gasteiger partial charge in [0.25, 0.3) is 0 Å². The first-order chi connectivity index (χ1) is 13.0. The van der Waals surface area contributed by atoms with Crippen LogP contribution in [-0.2, 0) is 16.0 Å². The Balaban J connectivity index is 1.54. The van der Waals surface area contributed by atoms with E-state index >= 15 is 0 Å². The van der Waals surface area contributed by atoms with Crippen molar-refractivity contribution in [1.82, 2.24) is 15.2 Å². The van der Waals surface area contributed by atoms with Crippen LogP contribution >= 0.6 is 11.3 Å². The van der Waals surface area contributed by atoms with Gasteiger partial charge in [0.1, 0.15) is 5.01 Å². The molecule has 1 aromatic heterocycles. The maximum absolute atomic E-state index is 12.4. The second-order valence-corrected chi connectivity index (χ2v) is 8.31. The first kappa shape index (κ1) is 20.0. The van der Waals surface area contributed by atoms with Crippen LogP contribution in [0, 0.1) is 12.8 Å². The molecule has 1 atom stereocenters. The number of carbonyl (C=O) groups is 1. The molecule has 1 aliphatic heterocycles. The van der Waals surface area contributed by atoms with Crippen LogP contribution in [0.4, 0.5) is 0 Å². The van der Waals surface area contributed by atoms with Crippen LogP contribution < -0.4 is 5.32 Å². The summed E-state index contributed by atoms with van der Waals surface area (Å²) < 4.78 is 5.44. The highest BCUT2D eigenvalue weighted by atomic mass is 32.1. The van der Waals surface area contributed by atoms with Gasteiger partial charge >= 0.3 is 0 Å². The van der Waals surface area contributed by atoms with Crippen LogP contribution in [-0.4, -0.2) is 54.7 Å². The molecule has 1 unspecified atom stereocenters. The first-order valence-corrected chi connectivity index (χ1v) is 10.5. The number of nitrogens with zero attached hydrogens (tertiary/aromatic N) is 2. The van der Waals surface area contributed by atoms with Crippen molar-refractivity contribution >= 4 is 17.2 Å². The Hall–Kier alpha value is -1.76. The molecule has 0 bridgehead atoms. The average Bonchev–Trinajstić information content (AvgIpc) is 3.11. The van der Waals surface area contributed by atoms with Crippen molar-refractivity contribution in [2.45, 2.75) is 33.2 Å². The number of carbonyl (C=O) groups excluding carboxylic acids is 1. The molecule has 1 aliphatic rings. The zero-order valence-electron chi connectivity index (χ0n) is 16.4. The molecule has 2 aromatic rings. The third-order valence-electron chi connectivity index (χ3n) is 4.95. The molecule has 146 valence electrons. The van der Waals surface area contributed by atoms with Gasteiger partial charge in [-0.25, -0.2) is 4.98 Å². The van der Waals surface area contributed by atoms with Crippen LogP contribution in [0.15, 0.2) is 29.6 Å². The minimum absolute atomic E-state index is 0.0370. The molecule has 2 heterocycles. The number of morpholine rings is 1. The minimum atomic E-state index is 0.0370. The van der Waals surface area contributed by atoms with Gasteiger partial charge in [-0.15, -0.1) is 11.3 Å². The monoisotopic (exact) mass is 387 g/mol. The highest BCUT2D eigenvalue weighted by molar-refractivity contribution is 7.13. The largest absolute Gasteiger partial charge is 0.379 e. The van der Waals surface area contributed by atoms with E-state index in [2.05, 4.69) is 54.2 Å². The van der Waals surface area contributed by atoms with Crippen molar-refractivity contribution in [3.63, 3.8) is 0 Å². The molecule has 0 radical (unpaired) electrons. The van der Waals surface area contributed by atoms with Crippen LogP contribution in [0.3, 0.4) is 0 Å². The second kappa shape index (κ2) is 9.44. The van der Waals surface area contributed by atoms with E-state index in [1.807, 2.05) is 11.4 Å². The summed E-state index contributed by atoms with van der Waals surface area (Å²) in [4.78, 5) is 19.5. The Morgan fingerprint density at radius 3 is 2.81 bits per heavy atom. The van der Waals surface area contributed by atoms with Gasteiger partial charge in [-0.05, 0) is 18.9 Å². The number of nitrogens with one attached hydrogen (secondary N) is 1. The third-order valence-corrected chi connectivity index (χ3v) is 5.89. The third kappa shape index (κ3) is 5.61. The number of hydrogen-bond donors (Lipinski definition) is 1. The lowest BCUT2D eigenvalue weighted by Crippen LogP contribution is -2.51. The lowest BCUT2D eigenvalue weighted by molar-refractivity contribution is -0.120. The molecule has 1 saturated heterocycles. The van der Waals surface area contributed by atoms with Crippen molar-refractivity contribution in [3.05, 3.63) is 40.9 Å². The predicted octanol–water partition coefficient (Wildman–Crippen LogP) is 3.13. The highest BCUT2D eigenvalue weighted by Crippen LogP contribution is 2.24. The number of rotatable bonds is 7. The molecule has 6 heteroatoms. The maximum Gasteiger partial charge on any atom is 0.226 e. The number of thiazole rings is 1. The number of amides is 1. The summed E-state index contributed by atoms with van der Waals surface area (Å²) in [5, 5.41) is 6.06. The van der Waals surface area contributed by atoms with Gasteiger partial charge in [-0.1, -0.05) is 37.6 Å². The topological polar surface area (TPSA) is 54.5 Å². The Labute approximate surface area is 165 Å².